The van der Waals surface area contributed by atoms with Crippen LogP contribution in [0, 0.1) is 5.92 Å². The van der Waals surface area contributed by atoms with E-state index in [1.165, 1.54) is 19.3 Å². The van der Waals surface area contributed by atoms with Crippen LogP contribution in [0.15, 0.2) is 0 Å². The Morgan fingerprint density at radius 3 is 3.00 bits per heavy atom. The monoisotopic (exact) mass is 284 g/mol. The number of hydrogen-bond donors (Lipinski definition) is 2. The molecule has 0 unspecified atom stereocenters. The first kappa shape index (κ1) is 15.7. The maximum atomic E-state index is 11.7. The normalized spacial score (nSPS) is 29.0. The van der Waals surface area contributed by atoms with Gasteiger partial charge in [0.2, 0.25) is 5.91 Å². The Balaban J connectivity index is 1.68. The predicted octanol–water partition coefficient (Wildman–Crippen LogP) is 0.763. The Bertz CT molecular complexity index is 322. The van der Waals surface area contributed by atoms with Gasteiger partial charge < -0.3 is 15.2 Å². The van der Waals surface area contributed by atoms with E-state index in [0.717, 1.165) is 19.7 Å². The highest BCUT2D eigenvalue weighted by Gasteiger charge is 2.30. The largest absolute Gasteiger partial charge is 0.392 e. The molecule has 0 saturated carbocycles. The molecule has 2 saturated heterocycles. The molecule has 0 aromatic rings. The van der Waals surface area contributed by atoms with Crippen molar-refractivity contribution in [2.24, 2.45) is 5.92 Å². The van der Waals surface area contributed by atoms with Gasteiger partial charge in [0.1, 0.15) is 0 Å². The Kier molecular flexibility index (Phi) is 5.81. The van der Waals surface area contributed by atoms with Crippen LogP contribution in [0.25, 0.3) is 0 Å². The third-order valence-electron chi connectivity index (χ3n) is 4.40. The molecule has 1 amide bonds. The smallest absolute Gasteiger partial charge is 0.222 e. The highest BCUT2D eigenvalue weighted by molar-refractivity contribution is 5.76. The lowest BCUT2D eigenvalue weighted by atomic mass is 10.0. The lowest BCUT2D eigenvalue weighted by Gasteiger charge is -2.42. The molecule has 0 aliphatic carbocycles. The van der Waals surface area contributed by atoms with Crippen molar-refractivity contribution >= 4 is 5.91 Å². The maximum Gasteiger partial charge on any atom is 0.222 e. The number of ether oxygens (including phenoxy) is 1. The lowest BCUT2D eigenvalue weighted by Crippen LogP contribution is -2.54. The number of aliphatic hydroxyl groups excluding tert-OH is 1. The first-order valence-corrected chi connectivity index (χ1v) is 7.86. The molecule has 2 fully saturated rings. The van der Waals surface area contributed by atoms with Gasteiger partial charge in [0.25, 0.3) is 0 Å². The molecule has 5 heteroatoms. The van der Waals surface area contributed by atoms with Gasteiger partial charge in [-0.05, 0) is 25.3 Å². The number of morpholine rings is 1. The molecular formula is C15H28N2O3. The number of carbonyl (C=O) groups is 1. The summed E-state index contributed by atoms with van der Waals surface area (Å²) in [5.41, 5.74) is 0. The zero-order valence-electron chi connectivity index (χ0n) is 12.7. The van der Waals surface area contributed by atoms with Crippen LogP contribution in [0.1, 0.15) is 39.5 Å². The third-order valence-corrected chi connectivity index (χ3v) is 4.40. The number of nitrogens with one attached hydrogen (secondary N) is 1. The van der Waals surface area contributed by atoms with E-state index in [2.05, 4.69) is 10.2 Å². The van der Waals surface area contributed by atoms with Gasteiger partial charge in [-0.1, -0.05) is 20.3 Å². The molecule has 0 spiro atoms. The summed E-state index contributed by atoms with van der Waals surface area (Å²) in [6.45, 7) is 7.24. The van der Waals surface area contributed by atoms with E-state index in [1.807, 2.05) is 13.8 Å². The number of carbonyl (C=O) groups excluding carboxylic acids is 1. The number of rotatable bonds is 5. The van der Waals surface area contributed by atoms with Crippen molar-refractivity contribution in [2.75, 3.05) is 26.2 Å². The standard InChI is InChI=1S/C15H28N2O3/c1-11(2)14(18)7-15(19)16-8-13-9-17-6-4-3-5-12(17)10-20-13/h11-14,18H,3-10H2,1-2H3,(H,16,19)/t12-,13-,14-/m1/s1. The fourth-order valence-electron chi connectivity index (χ4n) is 2.90. The van der Waals surface area contributed by atoms with Gasteiger partial charge in [0.05, 0.1) is 25.2 Å². The molecule has 116 valence electrons. The minimum Gasteiger partial charge on any atom is -0.392 e. The van der Waals surface area contributed by atoms with Gasteiger partial charge in [0, 0.05) is 19.1 Å². The zero-order valence-corrected chi connectivity index (χ0v) is 12.7. The molecular weight excluding hydrogens is 256 g/mol. The van der Waals surface area contributed by atoms with Crippen molar-refractivity contribution in [2.45, 2.75) is 57.8 Å². The third kappa shape index (κ3) is 4.43. The van der Waals surface area contributed by atoms with Crippen LogP contribution in [-0.2, 0) is 9.53 Å². The van der Waals surface area contributed by atoms with E-state index in [-0.39, 0.29) is 24.3 Å². The average molecular weight is 284 g/mol. The Morgan fingerprint density at radius 2 is 2.25 bits per heavy atom. The van der Waals surface area contributed by atoms with Crippen LogP contribution in [0.4, 0.5) is 0 Å². The van der Waals surface area contributed by atoms with Gasteiger partial charge in [-0.15, -0.1) is 0 Å². The average Bonchev–Trinajstić information content (AvgIpc) is 2.44. The summed E-state index contributed by atoms with van der Waals surface area (Å²) in [6.07, 6.45) is 3.52. The van der Waals surface area contributed by atoms with Gasteiger partial charge >= 0.3 is 0 Å². The van der Waals surface area contributed by atoms with Crippen LogP contribution < -0.4 is 5.32 Å². The zero-order chi connectivity index (χ0) is 14.5. The molecule has 2 aliphatic rings. The summed E-state index contributed by atoms with van der Waals surface area (Å²) < 4.78 is 5.83. The van der Waals surface area contributed by atoms with Crippen molar-refractivity contribution in [1.29, 1.82) is 0 Å². The van der Waals surface area contributed by atoms with Gasteiger partial charge in [0.15, 0.2) is 0 Å². The lowest BCUT2D eigenvalue weighted by molar-refractivity contribution is -0.125. The molecule has 0 bridgehead atoms. The quantitative estimate of drug-likeness (QED) is 0.782. The molecule has 0 aromatic heterocycles. The Hall–Kier alpha value is -0.650. The molecule has 2 aliphatic heterocycles. The van der Waals surface area contributed by atoms with E-state index in [1.54, 1.807) is 0 Å². The van der Waals surface area contributed by atoms with E-state index < -0.39 is 6.10 Å². The highest BCUT2D eigenvalue weighted by Crippen LogP contribution is 2.21. The summed E-state index contributed by atoms with van der Waals surface area (Å²) >= 11 is 0. The van der Waals surface area contributed by atoms with E-state index in [4.69, 9.17) is 4.74 Å². The Labute approximate surface area is 121 Å². The molecule has 0 radical (unpaired) electrons. The van der Waals surface area contributed by atoms with Crippen LogP contribution >= 0.6 is 0 Å². The Morgan fingerprint density at radius 1 is 1.45 bits per heavy atom. The number of amides is 1. The second-order valence-electron chi connectivity index (χ2n) is 6.42. The number of aliphatic hydroxyl groups is 1. The van der Waals surface area contributed by atoms with Crippen LogP contribution in [0.5, 0.6) is 0 Å². The summed E-state index contributed by atoms with van der Waals surface area (Å²) in [6, 6.07) is 0.582. The number of fused-ring (bicyclic) bond motifs is 1. The van der Waals surface area contributed by atoms with Crippen molar-refractivity contribution in [3.05, 3.63) is 0 Å². The SMILES string of the molecule is CC(C)[C@H](O)CC(=O)NC[C@@H]1CN2CCCC[C@@H]2CO1. The second-order valence-corrected chi connectivity index (χ2v) is 6.42. The van der Waals surface area contributed by atoms with Crippen LogP contribution in [-0.4, -0.2) is 60.4 Å². The maximum absolute atomic E-state index is 11.7. The van der Waals surface area contributed by atoms with E-state index in [9.17, 15) is 9.90 Å². The molecule has 2 rings (SSSR count). The first-order valence-electron chi connectivity index (χ1n) is 7.86. The fraction of sp³-hybridized carbons (Fsp3) is 0.933. The first-order chi connectivity index (χ1) is 9.56. The summed E-state index contributed by atoms with van der Waals surface area (Å²) in [5, 5.41) is 12.6. The molecule has 0 aromatic carbocycles. The highest BCUT2D eigenvalue weighted by atomic mass is 16.5. The van der Waals surface area contributed by atoms with Crippen LogP contribution in [0.2, 0.25) is 0 Å². The number of nitrogens with zero attached hydrogens (tertiary/aromatic N) is 1. The van der Waals surface area contributed by atoms with Crippen molar-refractivity contribution < 1.29 is 14.6 Å². The minimum absolute atomic E-state index is 0.0874. The fourth-order valence-corrected chi connectivity index (χ4v) is 2.90. The van der Waals surface area contributed by atoms with Gasteiger partial charge in [-0.2, -0.15) is 0 Å². The number of piperidine rings is 1. The summed E-state index contributed by atoms with van der Waals surface area (Å²) in [5.74, 6) is 0.0244. The molecule has 3 atom stereocenters. The van der Waals surface area contributed by atoms with E-state index >= 15 is 0 Å². The van der Waals surface area contributed by atoms with Crippen molar-refractivity contribution in [1.82, 2.24) is 10.2 Å². The molecule has 20 heavy (non-hydrogen) atoms. The summed E-state index contributed by atoms with van der Waals surface area (Å²) in [4.78, 5) is 14.2. The van der Waals surface area contributed by atoms with Crippen LogP contribution in [0.3, 0.4) is 0 Å². The topological polar surface area (TPSA) is 61.8 Å². The second kappa shape index (κ2) is 7.38. The molecule has 5 nitrogen and oxygen atoms in total. The summed E-state index contributed by atoms with van der Waals surface area (Å²) in [7, 11) is 0. The van der Waals surface area contributed by atoms with Crippen molar-refractivity contribution in [3.8, 4) is 0 Å². The molecule has 2 N–H and O–H groups in total. The number of hydrogen-bond acceptors (Lipinski definition) is 4. The van der Waals surface area contributed by atoms with Gasteiger partial charge in [-0.25, -0.2) is 0 Å². The van der Waals surface area contributed by atoms with Crippen molar-refractivity contribution in [3.63, 3.8) is 0 Å². The minimum atomic E-state index is -0.561. The van der Waals surface area contributed by atoms with Gasteiger partial charge in [-0.3, -0.25) is 9.69 Å². The predicted molar refractivity (Wildman–Crippen MR) is 77.4 cm³/mol. The van der Waals surface area contributed by atoms with E-state index in [0.29, 0.717) is 12.6 Å². The molecule has 2 heterocycles.